The minimum atomic E-state index is -4.13. The summed E-state index contributed by atoms with van der Waals surface area (Å²) in [6.07, 6.45) is 1.07. The second-order valence-corrected chi connectivity index (χ2v) is 10.1. The van der Waals surface area contributed by atoms with Crippen molar-refractivity contribution in [1.29, 1.82) is 0 Å². The van der Waals surface area contributed by atoms with Gasteiger partial charge < -0.3 is 15.0 Å². The molecule has 2 N–H and O–H groups in total. The molecule has 33 heavy (non-hydrogen) atoms. The normalized spacial score (nSPS) is 12.1. The lowest BCUT2D eigenvalue weighted by Gasteiger charge is -2.18. The minimum Gasteiger partial charge on any atom is -0.477 e. The number of carbonyl (C=O) groups is 2. The third-order valence-corrected chi connectivity index (χ3v) is 5.83. The Morgan fingerprint density at radius 2 is 1.94 bits per heavy atom. The molecule has 3 aromatic heterocycles. The molecule has 0 aliphatic carbocycles. The Labute approximate surface area is 196 Å². The van der Waals surface area contributed by atoms with Crippen molar-refractivity contribution in [2.24, 2.45) is 5.41 Å². The molecule has 3 aromatic rings. The number of hydrogen-bond acceptors (Lipinski definition) is 6. The van der Waals surface area contributed by atoms with E-state index in [0.717, 1.165) is 15.8 Å². The van der Waals surface area contributed by atoms with Gasteiger partial charge in [0.25, 0.3) is 11.5 Å². The van der Waals surface area contributed by atoms with Gasteiger partial charge in [0.15, 0.2) is 0 Å². The van der Waals surface area contributed by atoms with Crippen molar-refractivity contribution in [1.82, 2.24) is 14.3 Å². The number of carboxylic acid groups (broad SMARTS) is 1. The van der Waals surface area contributed by atoms with Crippen LogP contribution < -0.4 is 10.9 Å². The van der Waals surface area contributed by atoms with Crippen molar-refractivity contribution in [3.05, 3.63) is 56.1 Å². The number of carboxylic acids is 1. The smallest absolute Gasteiger partial charge is 0.376 e. The Kier molecular flexibility index (Phi) is 6.75. The molecule has 0 unspecified atom stereocenters. The number of aliphatic carboxylic acids is 1. The SMILES string of the molecule is CC(C)(C)C(=O)n1nc(-c2cccn(CC(F)(F)C(=O)O)c2=O)cc1NCc1ccc(Cl)s1. The van der Waals surface area contributed by atoms with Gasteiger partial charge in [-0.2, -0.15) is 18.6 Å². The van der Waals surface area contributed by atoms with Crippen LogP contribution >= 0.6 is 22.9 Å². The van der Waals surface area contributed by atoms with Crippen molar-refractivity contribution in [3.8, 4) is 11.3 Å². The summed E-state index contributed by atoms with van der Waals surface area (Å²) >= 11 is 7.32. The number of alkyl halides is 2. The number of nitrogens with one attached hydrogen (secondary N) is 1. The van der Waals surface area contributed by atoms with Crippen LogP contribution in [0.1, 0.15) is 30.4 Å². The molecule has 0 fully saturated rings. The number of halogens is 3. The van der Waals surface area contributed by atoms with E-state index in [9.17, 15) is 23.2 Å². The maximum atomic E-state index is 13.7. The molecule has 3 rings (SSSR count). The van der Waals surface area contributed by atoms with Crippen LogP contribution in [0.4, 0.5) is 14.6 Å². The van der Waals surface area contributed by atoms with Crippen LogP contribution in [0.5, 0.6) is 0 Å². The topological polar surface area (TPSA) is 106 Å². The van der Waals surface area contributed by atoms with E-state index in [2.05, 4.69) is 10.4 Å². The van der Waals surface area contributed by atoms with Crippen molar-refractivity contribution >= 4 is 40.6 Å². The van der Waals surface area contributed by atoms with Gasteiger partial charge in [0, 0.05) is 22.6 Å². The summed E-state index contributed by atoms with van der Waals surface area (Å²) in [5.74, 6) is -6.51. The van der Waals surface area contributed by atoms with Gasteiger partial charge in [-0.25, -0.2) is 4.79 Å². The summed E-state index contributed by atoms with van der Waals surface area (Å²) in [7, 11) is 0. The largest absolute Gasteiger partial charge is 0.477 e. The van der Waals surface area contributed by atoms with Gasteiger partial charge in [0.05, 0.1) is 16.4 Å². The first kappa shape index (κ1) is 24.6. The first-order valence-electron chi connectivity index (χ1n) is 9.73. The van der Waals surface area contributed by atoms with Crippen LogP contribution in [-0.4, -0.2) is 37.3 Å². The molecule has 0 saturated carbocycles. The molecule has 0 saturated heterocycles. The van der Waals surface area contributed by atoms with Crippen molar-refractivity contribution < 1.29 is 23.5 Å². The fourth-order valence-electron chi connectivity index (χ4n) is 2.87. The fraction of sp³-hybridized carbons (Fsp3) is 0.333. The van der Waals surface area contributed by atoms with Crippen LogP contribution in [0.15, 0.2) is 41.3 Å². The number of pyridine rings is 1. The van der Waals surface area contributed by atoms with Gasteiger partial charge >= 0.3 is 11.9 Å². The van der Waals surface area contributed by atoms with Crippen LogP contribution in [0.2, 0.25) is 4.34 Å². The third-order valence-electron chi connectivity index (χ3n) is 4.59. The number of nitrogens with zero attached hydrogens (tertiary/aromatic N) is 3. The van der Waals surface area contributed by atoms with Gasteiger partial charge in [-0.1, -0.05) is 32.4 Å². The van der Waals surface area contributed by atoms with Crippen molar-refractivity contribution in [2.45, 2.75) is 39.8 Å². The predicted molar refractivity (Wildman–Crippen MR) is 121 cm³/mol. The molecule has 0 amide bonds. The number of anilines is 1. The Morgan fingerprint density at radius 1 is 1.24 bits per heavy atom. The second kappa shape index (κ2) is 9.06. The van der Waals surface area contributed by atoms with Crippen LogP contribution in [-0.2, 0) is 17.9 Å². The van der Waals surface area contributed by atoms with Crippen molar-refractivity contribution in [2.75, 3.05) is 5.32 Å². The number of hydrogen-bond donors (Lipinski definition) is 2. The van der Waals surface area contributed by atoms with E-state index in [-0.39, 0.29) is 17.2 Å². The van der Waals surface area contributed by atoms with E-state index >= 15 is 0 Å². The lowest BCUT2D eigenvalue weighted by atomic mass is 9.96. The van der Waals surface area contributed by atoms with Gasteiger partial charge in [0.1, 0.15) is 18.1 Å². The molecule has 8 nitrogen and oxygen atoms in total. The Bertz CT molecular complexity index is 1260. The Morgan fingerprint density at radius 3 is 2.52 bits per heavy atom. The average molecular weight is 499 g/mol. The zero-order chi connectivity index (χ0) is 24.6. The predicted octanol–water partition coefficient (Wildman–Crippen LogP) is 4.45. The summed E-state index contributed by atoms with van der Waals surface area (Å²) in [6, 6.07) is 7.74. The summed E-state index contributed by atoms with van der Waals surface area (Å²) in [5.41, 5.74) is -1.63. The lowest BCUT2D eigenvalue weighted by molar-refractivity contribution is -0.166. The fourth-order valence-corrected chi connectivity index (χ4v) is 3.90. The highest BCUT2D eigenvalue weighted by Gasteiger charge is 2.39. The third kappa shape index (κ3) is 5.48. The molecule has 0 aromatic carbocycles. The van der Waals surface area contributed by atoms with Crippen molar-refractivity contribution in [3.63, 3.8) is 0 Å². The first-order chi connectivity index (χ1) is 15.3. The second-order valence-electron chi connectivity index (χ2n) is 8.31. The molecular weight excluding hydrogens is 478 g/mol. The summed E-state index contributed by atoms with van der Waals surface area (Å²) < 4.78 is 29.7. The lowest BCUT2D eigenvalue weighted by Crippen LogP contribution is -2.37. The molecule has 3 heterocycles. The van der Waals surface area contributed by atoms with E-state index in [1.807, 2.05) is 6.07 Å². The van der Waals surface area contributed by atoms with Crippen LogP contribution in [0, 0.1) is 5.41 Å². The van der Waals surface area contributed by atoms with E-state index < -0.39 is 29.4 Å². The molecule has 0 spiro atoms. The number of aromatic nitrogens is 3. The van der Waals surface area contributed by atoms with E-state index in [4.69, 9.17) is 16.7 Å². The average Bonchev–Trinajstić information content (AvgIpc) is 3.32. The van der Waals surface area contributed by atoms with E-state index in [0.29, 0.717) is 21.3 Å². The standard InChI is InChI=1S/C21H21ClF2N4O4S/c1-20(2,3)18(30)28-16(25-10-12-6-7-15(22)33-12)9-14(26-28)13-5-4-8-27(17(13)29)11-21(23,24)19(31)32/h4-9,25H,10-11H2,1-3H3,(H,31,32). The highest BCUT2D eigenvalue weighted by Crippen LogP contribution is 2.27. The molecule has 0 aliphatic heterocycles. The molecular formula is C21H21ClF2N4O4S. The van der Waals surface area contributed by atoms with Gasteiger partial charge in [-0.15, -0.1) is 11.3 Å². The van der Waals surface area contributed by atoms with Crippen LogP contribution in [0.25, 0.3) is 11.3 Å². The number of carbonyl (C=O) groups excluding carboxylic acids is 1. The van der Waals surface area contributed by atoms with Gasteiger partial charge in [0.2, 0.25) is 0 Å². The molecule has 0 bridgehead atoms. The zero-order valence-corrected chi connectivity index (χ0v) is 19.5. The highest BCUT2D eigenvalue weighted by molar-refractivity contribution is 7.16. The summed E-state index contributed by atoms with van der Waals surface area (Å²) in [5, 5.41) is 16.0. The maximum Gasteiger partial charge on any atom is 0.376 e. The Balaban J connectivity index is 2.02. The number of thiophene rings is 1. The van der Waals surface area contributed by atoms with Gasteiger partial charge in [-0.05, 0) is 24.3 Å². The molecule has 12 heteroatoms. The van der Waals surface area contributed by atoms with E-state index in [1.165, 1.54) is 29.5 Å². The molecule has 0 radical (unpaired) electrons. The summed E-state index contributed by atoms with van der Waals surface area (Å²) in [4.78, 5) is 37.4. The molecule has 0 atom stereocenters. The van der Waals surface area contributed by atoms with Crippen LogP contribution in [0.3, 0.4) is 0 Å². The highest BCUT2D eigenvalue weighted by atomic mass is 35.5. The summed E-state index contributed by atoms with van der Waals surface area (Å²) in [6.45, 7) is 4.14. The Hall–Kier alpha value is -3.05. The zero-order valence-electron chi connectivity index (χ0n) is 17.9. The molecule has 176 valence electrons. The minimum absolute atomic E-state index is 0.0543. The van der Waals surface area contributed by atoms with E-state index in [1.54, 1.807) is 26.8 Å². The maximum absolute atomic E-state index is 13.7. The first-order valence-corrected chi connectivity index (χ1v) is 10.9. The quantitative estimate of drug-likeness (QED) is 0.498. The molecule has 0 aliphatic rings. The van der Waals surface area contributed by atoms with Gasteiger partial charge in [-0.3, -0.25) is 9.59 Å². The number of rotatable bonds is 7. The monoisotopic (exact) mass is 498 g/mol.